The van der Waals surface area contributed by atoms with E-state index in [0.717, 1.165) is 29.1 Å². The fraction of sp³-hybridized carbons (Fsp3) is 0.176. The molecule has 0 aliphatic rings. The number of para-hydroxylation sites is 1. The molecule has 2 nitrogen and oxygen atoms in total. The molecule has 0 spiro atoms. The average Bonchev–Trinajstić information content (AvgIpc) is 2.89. The van der Waals surface area contributed by atoms with E-state index in [0.29, 0.717) is 12.1 Å². The molecule has 108 valence electrons. The first-order valence-corrected chi connectivity index (χ1v) is 6.85. The van der Waals surface area contributed by atoms with Gasteiger partial charge in [-0.15, -0.1) is 0 Å². The summed E-state index contributed by atoms with van der Waals surface area (Å²) in [5, 5.41) is 4.23. The first kappa shape index (κ1) is 13.8. The summed E-state index contributed by atoms with van der Waals surface area (Å²) in [7, 11) is 1.89. The quantitative estimate of drug-likeness (QED) is 0.774. The number of benzene rings is 2. The molecular formula is C17H16F2N2. The monoisotopic (exact) mass is 286 g/mol. The molecule has 0 amide bonds. The molecule has 0 fully saturated rings. The van der Waals surface area contributed by atoms with Gasteiger partial charge in [0.2, 0.25) is 0 Å². The van der Waals surface area contributed by atoms with Crippen LogP contribution in [0.4, 0.5) is 8.78 Å². The van der Waals surface area contributed by atoms with Crippen LogP contribution in [0.3, 0.4) is 0 Å². The number of fused-ring (bicyclic) bond motifs is 1. The molecule has 0 saturated carbocycles. The van der Waals surface area contributed by atoms with E-state index in [9.17, 15) is 8.78 Å². The molecule has 4 heteroatoms. The van der Waals surface area contributed by atoms with Crippen molar-refractivity contribution in [3.05, 3.63) is 71.4 Å². The first-order chi connectivity index (χ1) is 10.2. The maximum atomic E-state index is 13.8. The number of hydrogen-bond acceptors (Lipinski definition) is 1. The van der Waals surface area contributed by atoms with Crippen molar-refractivity contribution in [1.29, 1.82) is 0 Å². The molecule has 1 aromatic heterocycles. The highest BCUT2D eigenvalue weighted by molar-refractivity contribution is 5.83. The Morgan fingerprint density at radius 3 is 2.57 bits per heavy atom. The van der Waals surface area contributed by atoms with Gasteiger partial charge < -0.3 is 9.88 Å². The van der Waals surface area contributed by atoms with Gasteiger partial charge >= 0.3 is 0 Å². The summed E-state index contributed by atoms with van der Waals surface area (Å²) in [4.78, 5) is 0. The van der Waals surface area contributed by atoms with Crippen LogP contribution < -0.4 is 5.32 Å². The van der Waals surface area contributed by atoms with Crippen LogP contribution in [-0.2, 0) is 13.1 Å². The molecule has 0 atom stereocenters. The third-order valence-electron chi connectivity index (χ3n) is 3.61. The van der Waals surface area contributed by atoms with Crippen molar-refractivity contribution in [3.8, 4) is 0 Å². The fourth-order valence-corrected chi connectivity index (χ4v) is 2.66. The molecule has 0 radical (unpaired) electrons. The lowest BCUT2D eigenvalue weighted by Crippen LogP contribution is -2.08. The number of aromatic nitrogens is 1. The zero-order valence-corrected chi connectivity index (χ0v) is 11.7. The SMILES string of the molecule is CNCc1cccc2ccn(Cc3cccc(F)c3F)c12. The van der Waals surface area contributed by atoms with Crippen molar-refractivity contribution < 1.29 is 8.78 Å². The zero-order chi connectivity index (χ0) is 14.8. The van der Waals surface area contributed by atoms with Crippen LogP contribution in [0, 0.1) is 11.6 Å². The van der Waals surface area contributed by atoms with E-state index in [1.807, 2.05) is 42.1 Å². The number of hydrogen-bond donors (Lipinski definition) is 1. The molecule has 0 aliphatic heterocycles. The van der Waals surface area contributed by atoms with Gasteiger partial charge in [0.1, 0.15) is 0 Å². The number of nitrogens with zero attached hydrogens (tertiary/aromatic N) is 1. The topological polar surface area (TPSA) is 17.0 Å². The molecule has 0 unspecified atom stereocenters. The molecule has 2 aromatic carbocycles. The molecule has 0 saturated heterocycles. The van der Waals surface area contributed by atoms with Crippen LogP contribution in [0.25, 0.3) is 10.9 Å². The van der Waals surface area contributed by atoms with Crippen molar-refractivity contribution in [2.75, 3.05) is 7.05 Å². The molecule has 3 aromatic rings. The van der Waals surface area contributed by atoms with Gasteiger partial charge in [0, 0.05) is 18.3 Å². The molecule has 21 heavy (non-hydrogen) atoms. The van der Waals surface area contributed by atoms with Crippen LogP contribution >= 0.6 is 0 Å². The van der Waals surface area contributed by atoms with Crippen LogP contribution in [0.5, 0.6) is 0 Å². The summed E-state index contributed by atoms with van der Waals surface area (Å²) in [6.45, 7) is 1.04. The lowest BCUT2D eigenvalue weighted by Gasteiger charge is -2.11. The Hall–Kier alpha value is -2.20. The highest BCUT2D eigenvalue weighted by Crippen LogP contribution is 2.22. The van der Waals surface area contributed by atoms with E-state index >= 15 is 0 Å². The maximum absolute atomic E-state index is 13.8. The molecular weight excluding hydrogens is 270 g/mol. The Balaban J connectivity index is 2.06. The second-order valence-electron chi connectivity index (χ2n) is 5.04. The summed E-state index contributed by atoms with van der Waals surface area (Å²) >= 11 is 0. The number of halogens is 2. The third kappa shape index (κ3) is 2.54. The van der Waals surface area contributed by atoms with Gasteiger partial charge in [-0.05, 0) is 30.1 Å². The van der Waals surface area contributed by atoms with E-state index in [-0.39, 0.29) is 0 Å². The van der Waals surface area contributed by atoms with E-state index in [1.54, 1.807) is 6.07 Å². The van der Waals surface area contributed by atoms with E-state index in [2.05, 4.69) is 5.32 Å². The number of nitrogens with one attached hydrogen (secondary N) is 1. The highest BCUT2D eigenvalue weighted by Gasteiger charge is 2.11. The Morgan fingerprint density at radius 2 is 1.76 bits per heavy atom. The minimum atomic E-state index is -0.806. The van der Waals surface area contributed by atoms with E-state index in [1.165, 1.54) is 6.07 Å². The second-order valence-corrected chi connectivity index (χ2v) is 5.04. The Labute approximate surface area is 122 Å². The summed E-state index contributed by atoms with van der Waals surface area (Å²) in [5.74, 6) is -1.58. The Bertz CT molecular complexity index is 778. The minimum Gasteiger partial charge on any atom is -0.343 e. The summed E-state index contributed by atoms with van der Waals surface area (Å²) in [5.41, 5.74) is 2.54. The largest absolute Gasteiger partial charge is 0.343 e. The standard InChI is InChI=1S/C17H16F2N2/c1-20-10-13-5-2-4-12-8-9-21(17(12)13)11-14-6-3-7-15(18)16(14)19/h2-9,20H,10-11H2,1H3. The van der Waals surface area contributed by atoms with E-state index < -0.39 is 11.6 Å². The second kappa shape index (κ2) is 5.66. The molecule has 3 rings (SSSR count). The van der Waals surface area contributed by atoms with Gasteiger partial charge in [-0.3, -0.25) is 0 Å². The smallest absolute Gasteiger partial charge is 0.163 e. The predicted octanol–water partition coefficient (Wildman–Crippen LogP) is 3.69. The van der Waals surface area contributed by atoms with Gasteiger partial charge in [0.25, 0.3) is 0 Å². The predicted molar refractivity (Wildman–Crippen MR) is 80.2 cm³/mol. The maximum Gasteiger partial charge on any atom is 0.163 e. The third-order valence-corrected chi connectivity index (χ3v) is 3.61. The van der Waals surface area contributed by atoms with Crippen molar-refractivity contribution in [3.63, 3.8) is 0 Å². The van der Waals surface area contributed by atoms with Crippen molar-refractivity contribution in [2.24, 2.45) is 0 Å². The Kier molecular flexibility index (Phi) is 3.71. The van der Waals surface area contributed by atoms with Gasteiger partial charge in [0.05, 0.1) is 12.1 Å². The van der Waals surface area contributed by atoms with Crippen LogP contribution in [-0.4, -0.2) is 11.6 Å². The average molecular weight is 286 g/mol. The number of rotatable bonds is 4. The summed E-state index contributed by atoms with van der Waals surface area (Å²) in [6.07, 6.45) is 1.91. The van der Waals surface area contributed by atoms with Crippen molar-refractivity contribution >= 4 is 10.9 Å². The molecule has 0 aliphatic carbocycles. The van der Waals surface area contributed by atoms with Gasteiger partial charge in [0.15, 0.2) is 11.6 Å². The lowest BCUT2D eigenvalue weighted by atomic mass is 10.1. The zero-order valence-electron chi connectivity index (χ0n) is 11.7. The fourth-order valence-electron chi connectivity index (χ4n) is 2.66. The summed E-state index contributed by atoms with van der Waals surface area (Å²) in [6, 6.07) is 12.3. The highest BCUT2D eigenvalue weighted by atomic mass is 19.2. The van der Waals surface area contributed by atoms with Gasteiger partial charge in [-0.2, -0.15) is 0 Å². The van der Waals surface area contributed by atoms with Crippen LogP contribution in [0.2, 0.25) is 0 Å². The molecule has 0 bridgehead atoms. The van der Waals surface area contributed by atoms with Crippen LogP contribution in [0.1, 0.15) is 11.1 Å². The van der Waals surface area contributed by atoms with Crippen molar-refractivity contribution in [1.82, 2.24) is 9.88 Å². The van der Waals surface area contributed by atoms with Crippen LogP contribution in [0.15, 0.2) is 48.7 Å². The lowest BCUT2D eigenvalue weighted by molar-refractivity contribution is 0.496. The minimum absolute atomic E-state index is 0.313. The summed E-state index contributed by atoms with van der Waals surface area (Å²) < 4.78 is 29.1. The first-order valence-electron chi connectivity index (χ1n) is 6.85. The normalized spacial score (nSPS) is 11.2. The molecule has 1 heterocycles. The van der Waals surface area contributed by atoms with Gasteiger partial charge in [-0.1, -0.05) is 30.3 Å². The van der Waals surface area contributed by atoms with Gasteiger partial charge in [-0.25, -0.2) is 8.78 Å². The van der Waals surface area contributed by atoms with Crippen molar-refractivity contribution in [2.45, 2.75) is 13.1 Å². The Morgan fingerprint density at radius 1 is 1.00 bits per heavy atom. The van der Waals surface area contributed by atoms with E-state index in [4.69, 9.17) is 0 Å². The molecule has 1 N–H and O–H groups in total.